The summed E-state index contributed by atoms with van der Waals surface area (Å²) in [5, 5.41) is 3.48. The van der Waals surface area contributed by atoms with E-state index in [0.717, 1.165) is 23.6 Å². The van der Waals surface area contributed by atoms with Crippen LogP contribution in [0.4, 0.5) is 0 Å². The molecule has 114 valence electrons. The van der Waals surface area contributed by atoms with Crippen LogP contribution in [0, 0.1) is 0 Å². The van der Waals surface area contributed by atoms with E-state index in [4.69, 9.17) is 11.6 Å². The number of hydrogen-bond acceptors (Lipinski definition) is 4. The molecule has 1 atom stereocenters. The largest absolute Gasteiger partial charge is 0.308 e. The molecule has 1 aromatic heterocycles. The van der Waals surface area contributed by atoms with Gasteiger partial charge in [0.2, 0.25) is 10.0 Å². The van der Waals surface area contributed by atoms with Crippen LogP contribution >= 0.6 is 22.9 Å². The fourth-order valence-corrected chi connectivity index (χ4v) is 5.11. The lowest BCUT2D eigenvalue weighted by molar-refractivity contribution is 0.371. The van der Waals surface area contributed by atoms with Gasteiger partial charge in [-0.15, -0.1) is 11.3 Å². The monoisotopic (exact) mass is 336 g/mol. The Bertz CT molecular complexity index is 581. The van der Waals surface area contributed by atoms with Crippen LogP contribution in [0.3, 0.4) is 0 Å². The molecule has 0 spiro atoms. The van der Waals surface area contributed by atoms with Crippen LogP contribution < -0.4 is 10.0 Å². The smallest absolute Gasteiger partial charge is 0.209 e. The lowest BCUT2D eigenvalue weighted by Crippen LogP contribution is -2.50. The number of halogens is 1. The van der Waals surface area contributed by atoms with Gasteiger partial charge in [-0.3, -0.25) is 0 Å². The first-order chi connectivity index (χ1) is 9.16. The van der Waals surface area contributed by atoms with Crippen LogP contribution in [0.2, 0.25) is 4.34 Å². The summed E-state index contributed by atoms with van der Waals surface area (Å²) in [6.45, 7) is 4.34. The van der Waals surface area contributed by atoms with Crippen LogP contribution in [0.5, 0.6) is 0 Å². The molecular formula is C13H21ClN2O2S2. The molecule has 4 nitrogen and oxygen atoms in total. The maximum Gasteiger partial charge on any atom is 0.209 e. The second-order valence-electron chi connectivity index (χ2n) is 6.01. The van der Waals surface area contributed by atoms with E-state index in [1.165, 1.54) is 16.7 Å². The molecule has 7 heteroatoms. The predicted molar refractivity (Wildman–Crippen MR) is 85.1 cm³/mol. The van der Waals surface area contributed by atoms with E-state index in [-0.39, 0.29) is 6.04 Å². The maximum absolute atomic E-state index is 11.3. The van der Waals surface area contributed by atoms with Gasteiger partial charge in [0, 0.05) is 23.0 Å². The molecule has 0 amide bonds. The van der Waals surface area contributed by atoms with Gasteiger partial charge in [0.15, 0.2) is 0 Å². The third-order valence-corrected chi connectivity index (χ3v) is 5.60. The van der Waals surface area contributed by atoms with E-state index >= 15 is 0 Å². The first-order valence-corrected chi connectivity index (χ1v) is 9.75. The van der Waals surface area contributed by atoms with Crippen molar-refractivity contribution in [2.24, 2.45) is 0 Å². The normalized spacial score (nSPS) is 19.9. The summed E-state index contributed by atoms with van der Waals surface area (Å²) in [4.78, 5) is 1.35. The second-order valence-corrected chi connectivity index (χ2v) is 9.53. The fraction of sp³-hybridized carbons (Fsp3) is 0.692. The zero-order chi connectivity index (χ0) is 15.0. The molecule has 0 saturated carbocycles. The molecule has 1 aliphatic carbocycles. The Balaban J connectivity index is 2.01. The molecule has 0 bridgehead atoms. The Labute approximate surface area is 130 Å². The van der Waals surface area contributed by atoms with E-state index in [2.05, 4.69) is 10.0 Å². The zero-order valence-corrected chi connectivity index (χ0v) is 14.4. The fourth-order valence-electron chi connectivity index (χ4n) is 2.65. The molecule has 20 heavy (non-hydrogen) atoms. The quantitative estimate of drug-likeness (QED) is 0.869. The van der Waals surface area contributed by atoms with Gasteiger partial charge in [0.25, 0.3) is 0 Å². The first-order valence-electron chi connectivity index (χ1n) is 6.67. The number of aryl methyl sites for hydroxylation is 1. The molecule has 1 unspecified atom stereocenters. The Kier molecular flexibility index (Phi) is 4.81. The average Bonchev–Trinajstić information content (AvgIpc) is 2.63. The van der Waals surface area contributed by atoms with E-state index in [1.54, 1.807) is 11.3 Å². The molecule has 0 fully saturated rings. The number of nitrogens with one attached hydrogen (secondary N) is 2. The van der Waals surface area contributed by atoms with Gasteiger partial charge >= 0.3 is 0 Å². The van der Waals surface area contributed by atoms with E-state index in [1.807, 2.05) is 19.9 Å². The third-order valence-electron chi connectivity index (χ3n) is 3.34. The molecule has 1 heterocycles. The number of thiophene rings is 1. The van der Waals surface area contributed by atoms with Gasteiger partial charge < -0.3 is 5.32 Å². The number of rotatable bonds is 5. The lowest BCUT2D eigenvalue weighted by Gasteiger charge is -2.30. The standard InChI is InChI=1S/C13H21ClN2O2S2/c1-13(2,16-20(3,17)18)8-15-10-5-4-6-11-9(10)7-12(14)19-11/h7,10,15-16H,4-6,8H2,1-3H3. The van der Waals surface area contributed by atoms with Gasteiger partial charge in [-0.05, 0) is 44.7 Å². The second kappa shape index (κ2) is 5.93. The molecule has 1 aliphatic rings. The number of fused-ring (bicyclic) bond motifs is 1. The Hall–Kier alpha value is -0.140. The van der Waals surface area contributed by atoms with Crippen molar-refractivity contribution in [2.45, 2.75) is 44.7 Å². The van der Waals surface area contributed by atoms with Crippen molar-refractivity contribution in [3.63, 3.8) is 0 Å². The van der Waals surface area contributed by atoms with Gasteiger partial charge in [-0.1, -0.05) is 11.6 Å². The van der Waals surface area contributed by atoms with Crippen LogP contribution in [-0.2, 0) is 16.4 Å². The van der Waals surface area contributed by atoms with Crippen LogP contribution in [0.25, 0.3) is 0 Å². The summed E-state index contributed by atoms with van der Waals surface area (Å²) >= 11 is 7.74. The third kappa shape index (κ3) is 4.43. The summed E-state index contributed by atoms with van der Waals surface area (Å²) in [5.74, 6) is 0. The highest BCUT2D eigenvalue weighted by atomic mass is 35.5. The van der Waals surface area contributed by atoms with Crippen molar-refractivity contribution in [1.29, 1.82) is 0 Å². The van der Waals surface area contributed by atoms with Crippen molar-refractivity contribution in [3.05, 3.63) is 20.8 Å². The molecule has 2 rings (SSSR count). The molecule has 0 aromatic carbocycles. The molecule has 0 aliphatic heterocycles. The lowest BCUT2D eigenvalue weighted by atomic mass is 9.93. The van der Waals surface area contributed by atoms with Gasteiger partial charge in [-0.25, -0.2) is 13.1 Å². The molecule has 1 aromatic rings. The van der Waals surface area contributed by atoms with Gasteiger partial charge in [-0.2, -0.15) is 0 Å². The van der Waals surface area contributed by atoms with Crippen LogP contribution in [0.1, 0.15) is 43.2 Å². The van der Waals surface area contributed by atoms with Crippen LogP contribution in [-0.4, -0.2) is 26.8 Å². The van der Waals surface area contributed by atoms with Crippen LogP contribution in [0.15, 0.2) is 6.07 Å². The number of sulfonamides is 1. The summed E-state index contributed by atoms with van der Waals surface area (Å²) in [6.07, 6.45) is 4.48. The van der Waals surface area contributed by atoms with Crippen molar-refractivity contribution in [1.82, 2.24) is 10.0 Å². The highest BCUT2D eigenvalue weighted by Crippen LogP contribution is 2.37. The predicted octanol–water partition coefficient (Wildman–Crippen LogP) is 2.70. The highest BCUT2D eigenvalue weighted by molar-refractivity contribution is 7.88. The summed E-state index contributed by atoms with van der Waals surface area (Å²) in [5.41, 5.74) is 0.770. The Morgan fingerprint density at radius 1 is 1.50 bits per heavy atom. The molecular weight excluding hydrogens is 316 g/mol. The van der Waals surface area contributed by atoms with Crippen molar-refractivity contribution in [2.75, 3.05) is 12.8 Å². The minimum absolute atomic E-state index is 0.267. The first kappa shape index (κ1) is 16.2. The average molecular weight is 337 g/mol. The van der Waals surface area contributed by atoms with Gasteiger partial charge in [0.05, 0.1) is 10.6 Å². The summed E-state index contributed by atoms with van der Waals surface area (Å²) in [7, 11) is -3.20. The van der Waals surface area contributed by atoms with Crippen molar-refractivity contribution < 1.29 is 8.42 Å². The van der Waals surface area contributed by atoms with Gasteiger partial charge in [0.1, 0.15) is 0 Å². The minimum atomic E-state index is -3.20. The van der Waals surface area contributed by atoms with E-state index in [9.17, 15) is 8.42 Å². The highest BCUT2D eigenvalue weighted by Gasteiger charge is 2.27. The SMILES string of the molecule is CC(C)(CNC1CCCc2sc(Cl)cc21)NS(C)(=O)=O. The zero-order valence-electron chi connectivity index (χ0n) is 12.0. The Morgan fingerprint density at radius 2 is 2.20 bits per heavy atom. The van der Waals surface area contributed by atoms with E-state index < -0.39 is 15.6 Å². The summed E-state index contributed by atoms with van der Waals surface area (Å²) < 4.78 is 26.2. The molecule has 0 radical (unpaired) electrons. The summed E-state index contributed by atoms with van der Waals surface area (Å²) in [6, 6.07) is 2.30. The Morgan fingerprint density at radius 3 is 2.85 bits per heavy atom. The number of hydrogen-bond donors (Lipinski definition) is 2. The van der Waals surface area contributed by atoms with Crippen molar-refractivity contribution >= 4 is 33.0 Å². The minimum Gasteiger partial charge on any atom is -0.308 e. The topological polar surface area (TPSA) is 58.2 Å². The molecule has 2 N–H and O–H groups in total. The van der Waals surface area contributed by atoms with Crippen molar-refractivity contribution in [3.8, 4) is 0 Å². The maximum atomic E-state index is 11.3. The molecule has 0 saturated heterocycles. The van der Waals surface area contributed by atoms with E-state index in [0.29, 0.717) is 6.54 Å².